The van der Waals surface area contributed by atoms with Gasteiger partial charge in [0.05, 0.1) is 18.8 Å². The lowest BCUT2D eigenvalue weighted by molar-refractivity contribution is -0.0628. The molecule has 0 radical (unpaired) electrons. The summed E-state index contributed by atoms with van der Waals surface area (Å²) in [5, 5.41) is 0. The lowest BCUT2D eigenvalue weighted by atomic mass is 9.92. The zero-order valence-electron chi connectivity index (χ0n) is 8.89. The van der Waals surface area contributed by atoms with E-state index in [0.717, 1.165) is 19.4 Å². The van der Waals surface area contributed by atoms with E-state index in [1.807, 2.05) is 24.5 Å². The largest absolute Gasteiger partial charge is 0.373 e. The van der Waals surface area contributed by atoms with Crippen LogP contribution in [-0.4, -0.2) is 18.5 Å². The molecule has 15 heavy (non-hydrogen) atoms. The molecule has 0 spiro atoms. The maximum Gasteiger partial charge on any atom is 0.0771 e. The maximum atomic E-state index is 5.75. The van der Waals surface area contributed by atoms with Crippen molar-refractivity contribution in [1.29, 1.82) is 0 Å². The van der Waals surface area contributed by atoms with E-state index in [-0.39, 0.29) is 0 Å². The van der Waals surface area contributed by atoms with Gasteiger partial charge in [-0.15, -0.1) is 0 Å². The zero-order chi connectivity index (χ0) is 10.5. The third-order valence-electron chi connectivity index (χ3n) is 2.61. The van der Waals surface area contributed by atoms with E-state index < -0.39 is 0 Å². The molecule has 0 unspecified atom stereocenters. The molecule has 2 nitrogen and oxygen atoms in total. The minimum atomic E-state index is 0.391. The fourth-order valence-electron chi connectivity index (χ4n) is 1.66. The van der Waals surface area contributed by atoms with Crippen LogP contribution >= 0.6 is 12.0 Å². The van der Waals surface area contributed by atoms with Gasteiger partial charge < -0.3 is 8.92 Å². The molecule has 0 bridgehead atoms. The van der Waals surface area contributed by atoms with Crippen LogP contribution in [0.5, 0.6) is 0 Å². The highest BCUT2D eigenvalue weighted by Gasteiger charge is 2.30. The molecule has 1 aromatic rings. The minimum Gasteiger partial charge on any atom is -0.373 e. The molecular weight excluding hydrogens is 208 g/mol. The summed E-state index contributed by atoms with van der Waals surface area (Å²) in [5.74, 6) is 0. The number of hydrogen-bond acceptors (Lipinski definition) is 3. The van der Waals surface area contributed by atoms with Gasteiger partial charge in [-0.1, -0.05) is 30.3 Å². The smallest absolute Gasteiger partial charge is 0.0771 e. The molecule has 0 saturated heterocycles. The number of ether oxygens (including phenoxy) is 1. The van der Waals surface area contributed by atoms with Crippen molar-refractivity contribution in [1.82, 2.24) is 0 Å². The predicted octanol–water partition coefficient (Wildman–Crippen LogP) is 3.03. The maximum absolute atomic E-state index is 5.75. The van der Waals surface area contributed by atoms with Crippen LogP contribution in [0.25, 0.3) is 0 Å². The molecule has 0 heterocycles. The van der Waals surface area contributed by atoms with Gasteiger partial charge in [0.15, 0.2) is 0 Å². The van der Waals surface area contributed by atoms with Gasteiger partial charge in [-0.3, -0.25) is 0 Å². The Hall–Kier alpha value is -0.510. The van der Waals surface area contributed by atoms with Crippen molar-refractivity contribution < 1.29 is 8.92 Å². The fourth-order valence-corrected chi connectivity index (χ4v) is 2.09. The van der Waals surface area contributed by atoms with Crippen molar-refractivity contribution in [3.05, 3.63) is 35.9 Å². The first kappa shape index (κ1) is 11.0. The van der Waals surface area contributed by atoms with Gasteiger partial charge in [0.1, 0.15) is 0 Å². The van der Waals surface area contributed by atoms with Crippen LogP contribution in [0.4, 0.5) is 0 Å². The molecule has 0 atom stereocenters. The summed E-state index contributed by atoms with van der Waals surface area (Å²) in [5.41, 5.74) is 1.24. The molecule has 1 aliphatic rings. The molecule has 1 aromatic carbocycles. The van der Waals surface area contributed by atoms with E-state index >= 15 is 0 Å². The third-order valence-corrected chi connectivity index (χ3v) is 3.08. The van der Waals surface area contributed by atoms with E-state index in [0.29, 0.717) is 12.2 Å². The van der Waals surface area contributed by atoms with Crippen LogP contribution in [0.3, 0.4) is 0 Å². The van der Waals surface area contributed by atoms with Crippen LogP contribution in [0, 0.1) is 0 Å². The van der Waals surface area contributed by atoms with Crippen molar-refractivity contribution in [3.8, 4) is 0 Å². The molecular formula is C12H16O2S. The van der Waals surface area contributed by atoms with Crippen molar-refractivity contribution in [2.24, 2.45) is 0 Å². The highest BCUT2D eigenvalue weighted by molar-refractivity contribution is 7.93. The summed E-state index contributed by atoms with van der Waals surface area (Å²) < 4.78 is 11.1. The van der Waals surface area contributed by atoms with E-state index in [9.17, 15) is 0 Å². The van der Waals surface area contributed by atoms with Gasteiger partial charge in [0.2, 0.25) is 0 Å². The Bertz CT molecular complexity index is 283. The van der Waals surface area contributed by atoms with Gasteiger partial charge in [0.25, 0.3) is 0 Å². The minimum absolute atomic E-state index is 0.391. The monoisotopic (exact) mass is 224 g/mol. The van der Waals surface area contributed by atoms with Crippen LogP contribution in [-0.2, 0) is 15.5 Å². The Morgan fingerprint density at radius 1 is 1.20 bits per heavy atom. The molecule has 1 aliphatic carbocycles. The van der Waals surface area contributed by atoms with Crippen molar-refractivity contribution in [2.75, 3.05) is 6.26 Å². The number of hydrogen-bond donors (Lipinski definition) is 0. The predicted molar refractivity (Wildman–Crippen MR) is 62.6 cm³/mol. The molecule has 3 heteroatoms. The summed E-state index contributed by atoms with van der Waals surface area (Å²) in [6.07, 6.45) is 4.82. The zero-order valence-corrected chi connectivity index (χ0v) is 9.70. The van der Waals surface area contributed by atoms with Gasteiger partial charge in [-0.25, -0.2) is 0 Å². The van der Waals surface area contributed by atoms with Crippen LogP contribution in [0.1, 0.15) is 18.4 Å². The molecule has 2 rings (SSSR count). The summed E-state index contributed by atoms with van der Waals surface area (Å²) in [6.45, 7) is 0.720. The number of benzene rings is 1. The van der Waals surface area contributed by atoms with E-state index in [4.69, 9.17) is 8.92 Å². The first-order chi connectivity index (χ1) is 7.38. The molecule has 82 valence electrons. The summed E-state index contributed by atoms with van der Waals surface area (Å²) in [6, 6.07) is 10.3. The van der Waals surface area contributed by atoms with Gasteiger partial charge in [-0.05, 0) is 17.6 Å². The van der Waals surface area contributed by atoms with Gasteiger partial charge in [0, 0.05) is 19.1 Å². The van der Waals surface area contributed by atoms with Gasteiger partial charge in [-0.2, -0.15) is 0 Å². The molecule has 1 fully saturated rings. The van der Waals surface area contributed by atoms with Crippen molar-refractivity contribution >= 4 is 12.0 Å². The molecule has 0 amide bonds. The summed E-state index contributed by atoms with van der Waals surface area (Å²) in [7, 11) is 0. The molecule has 0 aromatic heterocycles. The molecule has 1 saturated carbocycles. The van der Waals surface area contributed by atoms with Crippen LogP contribution in [0.2, 0.25) is 0 Å². The average Bonchev–Trinajstić information content (AvgIpc) is 2.23. The standard InChI is InChI=1S/C12H16O2S/c1-15-14-12-7-11(8-12)13-9-10-5-3-2-4-6-10/h2-6,11-12H,7-9H2,1H3. The van der Waals surface area contributed by atoms with E-state index in [1.165, 1.54) is 17.6 Å². The highest BCUT2D eigenvalue weighted by Crippen LogP contribution is 2.29. The third kappa shape index (κ3) is 3.23. The van der Waals surface area contributed by atoms with Gasteiger partial charge >= 0.3 is 0 Å². The normalized spacial score (nSPS) is 24.9. The second-order valence-electron chi connectivity index (χ2n) is 3.77. The lowest BCUT2D eigenvalue weighted by Gasteiger charge is -2.33. The Morgan fingerprint density at radius 3 is 2.60 bits per heavy atom. The van der Waals surface area contributed by atoms with Crippen LogP contribution < -0.4 is 0 Å². The first-order valence-corrected chi connectivity index (χ1v) is 6.38. The summed E-state index contributed by atoms with van der Waals surface area (Å²) in [4.78, 5) is 0. The van der Waals surface area contributed by atoms with Crippen LogP contribution in [0.15, 0.2) is 30.3 Å². The Labute approximate surface area is 95.2 Å². The second-order valence-corrected chi connectivity index (χ2v) is 4.30. The van der Waals surface area contributed by atoms with Crippen molar-refractivity contribution in [2.45, 2.75) is 31.7 Å². The quantitative estimate of drug-likeness (QED) is 0.716. The first-order valence-electron chi connectivity index (χ1n) is 5.23. The molecule has 0 N–H and O–H groups in total. The number of rotatable bonds is 5. The Morgan fingerprint density at radius 2 is 1.93 bits per heavy atom. The van der Waals surface area contributed by atoms with E-state index in [2.05, 4.69) is 12.1 Å². The molecule has 0 aliphatic heterocycles. The van der Waals surface area contributed by atoms with Crippen molar-refractivity contribution in [3.63, 3.8) is 0 Å². The average molecular weight is 224 g/mol. The summed E-state index contributed by atoms with van der Waals surface area (Å²) >= 11 is 1.45. The fraction of sp³-hybridized carbons (Fsp3) is 0.500. The van der Waals surface area contributed by atoms with E-state index in [1.54, 1.807) is 0 Å². The Kier molecular flexibility index (Phi) is 4.06. The Balaban J connectivity index is 1.64. The lowest BCUT2D eigenvalue weighted by Crippen LogP contribution is -2.36. The highest BCUT2D eigenvalue weighted by atomic mass is 32.2. The second kappa shape index (κ2) is 5.54. The SMILES string of the molecule is CSOC1CC(OCc2ccccc2)C1. The topological polar surface area (TPSA) is 18.5 Å².